The van der Waals surface area contributed by atoms with Crippen LogP contribution in [0.3, 0.4) is 0 Å². The van der Waals surface area contributed by atoms with Crippen LogP contribution in [0.5, 0.6) is 0 Å². The molecule has 170 valence electrons. The molecule has 1 fully saturated rings. The predicted molar refractivity (Wildman–Crippen MR) is 131 cm³/mol. The summed E-state index contributed by atoms with van der Waals surface area (Å²) in [5.41, 5.74) is 1.30. The second-order valence-electron chi connectivity index (χ2n) is 7.89. The molecule has 0 spiro atoms. The molecular weight excluding hydrogens is 429 g/mol. The van der Waals surface area contributed by atoms with Crippen molar-refractivity contribution in [1.29, 1.82) is 0 Å². The Morgan fingerprint density at radius 3 is 2.58 bits per heavy atom. The first kappa shape index (κ1) is 26.1. The summed E-state index contributed by atoms with van der Waals surface area (Å²) in [6, 6.07) is 9.58. The van der Waals surface area contributed by atoms with E-state index in [1.165, 1.54) is 23.5 Å². The lowest BCUT2D eigenvalue weighted by Crippen LogP contribution is -2.45. The van der Waals surface area contributed by atoms with E-state index in [2.05, 4.69) is 36.5 Å². The summed E-state index contributed by atoms with van der Waals surface area (Å²) in [4.78, 5) is 24.0. The van der Waals surface area contributed by atoms with Crippen molar-refractivity contribution < 1.29 is 19.1 Å². The number of unbranched alkanes of at least 4 members (excludes halogenated alkanes) is 1. The Bertz CT molecular complexity index is 658. The number of hydrogen-bond acceptors (Lipinski definition) is 6. The van der Waals surface area contributed by atoms with Crippen molar-refractivity contribution in [2.75, 3.05) is 24.7 Å². The van der Waals surface area contributed by atoms with E-state index in [4.69, 9.17) is 17.3 Å². The van der Waals surface area contributed by atoms with Gasteiger partial charge in [0, 0.05) is 6.61 Å². The van der Waals surface area contributed by atoms with E-state index in [1.54, 1.807) is 0 Å². The van der Waals surface area contributed by atoms with E-state index in [0.29, 0.717) is 17.1 Å². The number of rotatable bonds is 13. The minimum Gasteiger partial charge on any atom is -0.461 e. The number of carbonyl (C=O) groups excluding carboxylic acids is 2. The number of thioether (sulfide) groups is 2. The van der Waals surface area contributed by atoms with Gasteiger partial charge in [-0.05, 0) is 55.6 Å². The largest absolute Gasteiger partial charge is 0.461 e. The molecular formula is C23H34BNO4S2. The highest BCUT2D eigenvalue weighted by Gasteiger charge is 2.29. The van der Waals surface area contributed by atoms with Crippen molar-refractivity contribution in [3.05, 3.63) is 35.9 Å². The Hall–Kier alpha value is -1.12. The van der Waals surface area contributed by atoms with E-state index >= 15 is 0 Å². The first-order chi connectivity index (χ1) is 15.0. The van der Waals surface area contributed by atoms with Gasteiger partial charge < -0.3 is 14.8 Å². The molecule has 1 amide bonds. The fourth-order valence-electron chi connectivity index (χ4n) is 3.53. The van der Waals surface area contributed by atoms with Crippen LogP contribution in [0.2, 0.25) is 0 Å². The Morgan fingerprint density at radius 2 is 1.94 bits per heavy atom. The zero-order valence-electron chi connectivity index (χ0n) is 18.6. The van der Waals surface area contributed by atoms with E-state index in [1.807, 2.05) is 36.5 Å². The zero-order chi connectivity index (χ0) is 22.5. The van der Waals surface area contributed by atoms with E-state index in [0.717, 1.165) is 25.7 Å². The standard InChI is InChI=1S/C23H34BNO4S2/c1-3-4-11-28-16-20(25-23(24)27)21(26)29-17(2)14-19(22-30-12-8-13-31-22)15-18-9-6-5-7-10-18/h5-7,9-10,17,19-20,22H,3-4,8,11-16H2,1-2H3,(H,25,27)/t17-,19-,20-/m0/s1. The van der Waals surface area contributed by atoms with Crippen molar-refractivity contribution in [2.24, 2.45) is 5.92 Å². The molecule has 1 heterocycles. The molecule has 1 saturated heterocycles. The summed E-state index contributed by atoms with van der Waals surface area (Å²) in [5.74, 6) is 1.49. The fraction of sp³-hybridized carbons (Fsp3) is 0.652. The Labute approximate surface area is 196 Å². The Balaban J connectivity index is 1.95. The van der Waals surface area contributed by atoms with Crippen molar-refractivity contribution >= 4 is 43.1 Å². The highest BCUT2D eigenvalue weighted by molar-refractivity contribution is 8.17. The number of hydrogen-bond donors (Lipinski definition) is 1. The lowest BCUT2D eigenvalue weighted by atomic mass is 9.95. The number of ether oxygens (including phenoxy) is 2. The average molecular weight is 463 g/mol. The molecule has 1 N–H and O–H groups in total. The second kappa shape index (κ2) is 14.9. The number of carbonyl (C=O) groups is 2. The van der Waals surface area contributed by atoms with Crippen molar-refractivity contribution in [3.63, 3.8) is 0 Å². The topological polar surface area (TPSA) is 64.6 Å². The SMILES string of the molecule is [B]C(=O)N[C@@H](COCCCC)C(=O)O[C@@H](C)C[C@@H](Cc1ccccc1)C1SCCCS1. The maximum Gasteiger partial charge on any atom is 0.331 e. The van der Waals surface area contributed by atoms with Crippen molar-refractivity contribution in [1.82, 2.24) is 5.32 Å². The van der Waals surface area contributed by atoms with Gasteiger partial charge in [-0.1, -0.05) is 43.7 Å². The van der Waals surface area contributed by atoms with Gasteiger partial charge in [0.2, 0.25) is 7.85 Å². The van der Waals surface area contributed by atoms with E-state index in [9.17, 15) is 9.59 Å². The molecule has 2 radical (unpaired) electrons. The summed E-state index contributed by atoms with van der Waals surface area (Å²) >= 11 is 4.02. The van der Waals surface area contributed by atoms with Crippen LogP contribution in [-0.4, -0.2) is 61.1 Å². The van der Waals surface area contributed by atoms with Crippen LogP contribution >= 0.6 is 23.5 Å². The molecule has 0 aliphatic carbocycles. The maximum atomic E-state index is 12.7. The van der Waals surface area contributed by atoms with Gasteiger partial charge in [0.1, 0.15) is 6.04 Å². The van der Waals surface area contributed by atoms with Gasteiger partial charge >= 0.3 is 5.97 Å². The van der Waals surface area contributed by atoms with Gasteiger partial charge in [-0.25, -0.2) is 4.79 Å². The molecule has 0 bridgehead atoms. The van der Waals surface area contributed by atoms with Gasteiger partial charge in [-0.2, -0.15) is 0 Å². The molecule has 0 aromatic heterocycles. The van der Waals surface area contributed by atoms with Gasteiger partial charge in [0.05, 0.1) is 17.3 Å². The summed E-state index contributed by atoms with van der Waals surface area (Å²) < 4.78 is 11.7. The third-order valence-electron chi connectivity index (χ3n) is 5.06. The van der Waals surface area contributed by atoms with Gasteiger partial charge in [-0.15, -0.1) is 23.5 Å². The van der Waals surface area contributed by atoms with Crippen LogP contribution < -0.4 is 5.32 Å². The van der Waals surface area contributed by atoms with Gasteiger partial charge in [-0.3, -0.25) is 4.79 Å². The molecule has 3 atom stereocenters. The normalized spacial score (nSPS) is 17.5. The lowest BCUT2D eigenvalue weighted by Gasteiger charge is -2.31. The third-order valence-corrected chi connectivity index (χ3v) is 8.35. The second-order valence-corrected chi connectivity index (χ2v) is 10.7. The Kier molecular flexibility index (Phi) is 12.5. The molecule has 1 aliphatic heterocycles. The summed E-state index contributed by atoms with van der Waals surface area (Å²) in [7, 11) is 5.24. The molecule has 0 unspecified atom stereocenters. The highest BCUT2D eigenvalue weighted by atomic mass is 32.2. The van der Waals surface area contributed by atoms with Crippen LogP contribution in [0, 0.1) is 5.92 Å². The average Bonchev–Trinajstić information content (AvgIpc) is 2.76. The smallest absolute Gasteiger partial charge is 0.331 e. The third kappa shape index (κ3) is 10.4. The molecule has 8 heteroatoms. The summed E-state index contributed by atoms with van der Waals surface area (Å²) in [5, 5.41) is 2.45. The zero-order valence-corrected chi connectivity index (χ0v) is 20.2. The van der Waals surface area contributed by atoms with Crippen LogP contribution in [0.1, 0.15) is 45.1 Å². The van der Waals surface area contributed by atoms with Crippen LogP contribution in [0.25, 0.3) is 0 Å². The maximum absolute atomic E-state index is 12.7. The van der Waals surface area contributed by atoms with Crippen LogP contribution in [0.15, 0.2) is 30.3 Å². The summed E-state index contributed by atoms with van der Waals surface area (Å²) in [6.45, 7) is 4.59. The first-order valence-corrected chi connectivity index (χ1v) is 13.2. The van der Waals surface area contributed by atoms with Crippen molar-refractivity contribution in [3.8, 4) is 0 Å². The molecule has 5 nitrogen and oxygen atoms in total. The van der Waals surface area contributed by atoms with Crippen molar-refractivity contribution in [2.45, 2.75) is 62.7 Å². The number of nitrogens with one attached hydrogen (secondary N) is 1. The molecule has 1 aromatic rings. The Morgan fingerprint density at radius 1 is 1.23 bits per heavy atom. The van der Waals surface area contributed by atoms with Gasteiger partial charge in [0.25, 0.3) is 0 Å². The van der Waals surface area contributed by atoms with Crippen LogP contribution in [0.4, 0.5) is 4.79 Å². The molecule has 1 aliphatic rings. The number of amides is 1. The molecule has 2 rings (SSSR count). The van der Waals surface area contributed by atoms with E-state index in [-0.39, 0.29) is 12.7 Å². The van der Waals surface area contributed by atoms with Crippen LogP contribution in [-0.2, 0) is 20.7 Å². The first-order valence-electron chi connectivity index (χ1n) is 11.1. The lowest BCUT2D eigenvalue weighted by molar-refractivity contribution is -0.152. The quantitative estimate of drug-likeness (QED) is 0.265. The minimum atomic E-state index is -0.886. The molecule has 1 aromatic carbocycles. The highest BCUT2D eigenvalue weighted by Crippen LogP contribution is 2.39. The van der Waals surface area contributed by atoms with E-state index < -0.39 is 17.8 Å². The van der Waals surface area contributed by atoms with Gasteiger partial charge in [0.15, 0.2) is 5.81 Å². The molecule has 0 saturated carbocycles. The minimum absolute atomic E-state index is 0.0657. The monoisotopic (exact) mass is 463 g/mol. The summed E-state index contributed by atoms with van der Waals surface area (Å²) in [6.07, 6.45) is 4.59. The predicted octanol–water partition coefficient (Wildman–Crippen LogP) is 4.43. The fourth-order valence-corrected chi connectivity index (χ4v) is 6.72. The number of benzene rings is 1. The number of esters is 1. The molecule has 31 heavy (non-hydrogen) atoms.